The fourth-order valence-corrected chi connectivity index (χ4v) is 2.73. The number of morpholine rings is 1. The van der Waals surface area contributed by atoms with Crippen molar-refractivity contribution in [2.24, 2.45) is 0 Å². The monoisotopic (exact) mass is 346 g/mol. The van der Waals surface area contributed by atoms with E-state index in [1.165, 1.54) is 0 Å². The van der Waals surface area contributed by atoms with Crippen LogP contribution in [0.4, 0.5) is 4.79 Å². The Morgan fingerprint density at radius 3 is 2.92 bits per heavy atom. The van der Waals surface area contributed by atoms with Gasteiger partial charge in [-0.3, -0.25) is 0 Å². The third kappa shape index (κ3) is 4.70. The van der Waals surface area contributed by atoms with Gasteiger partial charge in [0, 0.05) is 18.9 Å². The molecule has 1 aliphatic heterocycles. The van der Waals surface area contributed by atoms with Crippen LogP contribution in [0, 0.1) is 0 Å². The van der Waals surface area contributed by atoms with E-state index < -0.39 is 11.7 Å². The van der Waals surface area contributed by atoms with Crippen molar-refractivity contribution in [1.29, 1.82) is 0 Å². The predicted octanol–water partition coefficient (Wildman–Crippen LogP) is 2.41. The number of pyridine rings is 1. The standard InChI is InChI=1S/C18H26N4O3/c1-12-7-19-15(11-24-12)13-5-6-16-21-14(10-22(16)9-13)8-20-17(23)25-18(2,3)4/h5-6,9-10,12,15,19H,7-8,11H2,1-4H3,(H,20,23). The Kier molecular flexibility index (Phi) is 4.96. The van der Waals surface area contributed by atoms with Crippen molar-refractivity contribution in [3.63, 3.8) is 0 Å². The molecule has 1 aliphatic rings. The second-order valence-corrected chi connectivity index (χ2v) is 7.42. The van der Waals surface area contributed by atoms with Crippen LogP contribution in [0.15, 0.2) is 24.5 Å². The summed E-state index contributed by atoms with van der Waals surface area (Å²) in [6.07, 6.45) is 3.78. The number of hydrogen-bond donors (Lipinski definition) is 2. The number of nitrogens with zero attached hydrogens (tertiary/aromatic N) is 2. The Hall–Kier alpha value is -2.12. The van der Waals surface area contributed by atoms with Gasteiger partial charge in [0.25, 0.3) is 0 Å². The minimum atomic E-state index is -0.509. The summed E-state index contributed by atoms with van der Waals surface area (Å²) in [7, 11) is 0. The van der Waals surface area contributed by atoms with Gasteiger partial charge < -0.3 is 24.5 Å². The maximum atomic E-state index is 11.7. The number of carbonyl (C=O) groups is 1. The molecular formula is C18H26N4O3. The zero-order valence-electron chi connectivity index (χ0n) is 15.2. The Morgan fingerprint density at radius 2 is 2.24 bits per heavy atom. The Labute approximate surface area is 147 Å². The topological polar surface area (TPSA) is 76.9 Å². The molecule has 1 amide bonds. The predicted molar refractivity (Wildman–Crippen MR) is 94.4 cm³/mol. The highest BCUT2D eigenvalue weighted by molar-refractivity contribution is 5.67. The molecule has 2 atom stereocenters. The second kappa shape index (κ2) is 7.01. The number of imidazole rings is 1. The van der Waals surface area contributed by atoms with Gasteiger partial charge >= 0.3 is 6.09 Å². The molecule has 7 heteroatoms. The first-order valence-corrected chi connectivity index (χ1v) is 8.59. The van der Waals surface area contributed by atoms with E-state index in [4.69, 9.17) is 9.47 Å². The number of amides is 1. The third-order valence-electron chi connectivity index (χ3n) is 3.94. The van der Waals surface area contributed by atoms with Gasteiger partial charge in [-0.2, -0.15) is 0 Å². The summed E-state index contributed by atoms with van der Waals surface area (Å²) in [5, 5.41) is 6.22. The van der Waals surface area contributed by atoms with Crippen molar-refractivity contribution in [1.82, 2.24) is 20.0 Å². The van der Waals surface area contributed by atoms with Crippen molar-refractivity contribution < 1.29 is 14.3 Å². The molecule has 3 rings (SSSR count). The maximum absolute atomic E-state index is 11.7. The third-order valence-corrected chi connectivity index (χ3v) is 3.94. The van der Waals surface area contributed by atoms with Crippen LogP contribution < -0.4 is 10.6 Å². The van der Waals surface area contributed by atoms with E-state index in [0.717, 1.165) is 23.4 Å². The molecule has 1 saturated heterocycles. The molecule has 0 radical (unpaired) electrons. The number of nitrogens with one attached hydrogen (secondary N) is 2. The average Bonchev–Trinajstić information content (AvgIpc) is 2.94. The van der Waals surface area contributed by atoms with E-state index in [9.17, 15) is 4.79 Å². The summed E-state index contributed by atoms with van der Waals surface area (Å²) in [5.74, 6) is 0. The summed E-state index contributed by atoms with van der Waals surface area (Å²) >= 11 is 0. The van der Waals surface area contributed by atoms with E-state index in [1.807, 2.05) is 37.4 Å². The lowest BCUT2D eigenvalue weighted by molar-refractivity contribution is 0.0148. The average molecular weight is 346 g/mol. The highest BCUT2D eigenvalue weighted by atomic mass is 16.6. The van der Waals surface area contributed by atoms with Crippen molar-refractivity contribution in [2.75, 3.05) is 13.2 Å². The van der Waals surface area contributed by atoms with Crippen molar-refractivity contribution in [3.8, 4) is 0 Å². The summed E-state index contributed by atoms with van der Waals surface area (Å²) in [4.78, 5) is 16.3. The molecule has 3 heterocycles. The van der Waals surface area contributed by atoms with Crippen molar-refractivity contribution >= 4 is 11.7 Å². The highest BCUT2D eigenvalue weighted by Gasteiger charge is 2.20. The highest BCUT2D eigenvalue weighted by Crippen LogP contribution is 2.19. The molecule has 136 valence electrons. The van der Waals surface area contributed by atoms with Crippen LogP contribution in [0.2, 0.25) is 0 Å². The van der Waals surface area contributed by atoms with Crippen LogP contribution in [0.25, 0.3) is 5.65 Å². The normalized spacial score (nSPS) is 21.3. The van der Waals surface area contributed by atoms with E-state index in [0.29, 0.717) is 13.2 Å². The molecule has 2 aromatic heterocycles. The van der Waals surface area contributed by atoms with Crippen molar-refractivity contribution in [2.45, 2.75) is 52.0 Å². The minimum absolute atomic E-state index is 0.186. The SMILES string of the molecule is CC1CNC(c2ccc3nc(CNC(=O)OC(C)(C)C)cn3c2)CO1. The first kappa shape index (κ1) is 17.7. The zero-order valence-corrected chi connectivity index (χ0v) is 15.2. The number of hydrogen-bond acceptors (Lipinski definition) is 5. The first-order chi connectivity index (χ1) is 11.8. The maximum Gasteiger partial charge on any atom is 0.407 e. The van der Waals surface area contributed by atoms with E-state index >= 15 is 0 Å². The van der Waals surface area contributed by atoms with E-state index in [2.05, 4.69) is 34.8 Å². The van der Waals surface area contributed by atoms with Crippen LogP contribution in [-0.2, 0) is 16.0 Å². The van der Waals surface area contributed by atoms with Gasteiger partial charge in [0.1, 0.15) is 11.2 Å². The first-order valence-electron chi connectivity index (χ1n) is 8.59. The van der Waals surface area contributed by atoms with E-state index in [-0.39, 0.29) is 12.1 Å². The number of rotatable bonds is 3. The lowest BCUT2D eigenvalue weighted by atomic mass is 10.1. The van der Waals surface area contributed by atoms with Gasteiger partial charge in [-0.05, 0) is 39.3 Å². The molecule has 0 saturated carbocycles. The largest absolute Gasteiger partial charge is 0.444 e. The molecule has 1 fully saturated rings. The number of carbonyl (C=O) groups excluding carboxylic acids is 1. The second-order valence-electron chi connectivity index (χ2n) is 7.42. The molecule has 2 unspecified atom stereocenters. The number of aromatic nitrogens is 2. The summed E-state index contributed by atoms with van der Waals surface area (Å²) in [6, 6.07) is 4.22. The fraction of sp³-hybridized carbons (Fsp3) is 0.556. The van der Waals surface area contributed by atoms with Gasteiger partial charge in [0.05, 0.1) is 31.0 Å². The lowest BCUT2D eigenvalue weighted by Gasteiger charge is -2.28. The molecule has 0 aliphatic carbocycles. The summed E-state index contributed by atoms with van der Waals surface area (Å²) < 4.78 is 12.9. The quantitative estimate of drug-likeness (QED) is 0.892. The molecule has 0 spiro atoms. The molecule has 7 nitrogen and oxygen atoms in total. The van der Waals surface area contributed by atoms with Gasteiger partial charge in [0.15, 0.2) is 0 Å². The lowest BCUT2D eigenvalue weighted by Crippen LogP contribution is -2.39. The summed E-state index contributed by atoms with van der Waals surface area (Å²) in [5.41, 5.74) is 2.27. The van der Waals surface area contributed by atoms with Gasteiger partial charge in [0.2, 0.25) is 0 Å². The van der Waals surface area contributed by atoms with Gasteiger partial charge in [-0.15, -0.1) is 0 Å². The Bertz CT molecular complexity index is 742. The molecule has 2 aromatic rings. The number of fused-ring (bicyclic) bond motifs is 1. The van der Waals surface area contributed by atoms with Crippen molar-refractivity contribution in [3.05, 3.63) is 35.8 Å². The van der Waals surface area contributed by atoms with Crippen LogP contribution in [0.5, 0.6) is 0 Å². The van der Waals surface area contributed by atoms with Gasteiger partial charge in [-0.25, -0.2) is 9.78 Å². The van der Waals surface area contributed by atoms with Crippen LogP contribution in [-0.4, -0.2) is 40.3 Å². The summed E-state index contributed by atoms with van der Waals surface area (Å²) in [6.45, 7) is 9.40. The molecular weight excluding hydrogens is 320 g/mol. The molecule has 25 heavy (non-hydrogen) atoms. The van der Waals surface area contributed by atoms with Gasteiger partial charge in [-0.1, -0.05) is 6.07 Å². The Morgan fingerprint density at radius 1 is 1.44 bits per heavy atom. The Balaban J connectivity index is 1.65. The number of ether oxygens (including phenoxy) is 2. The fourth-order valence-electron chi connectivity index (χ4n) is 2.73. The molecule has 0 bridgehead atoms. The van der Waals surface area contributed by atoms with Crippen LogP contribution in [0.1, 0.15) is 45.0 Å². The molecule has 2 N–H and O–H groups in total. The molecule has 0 aromatic carbocycles. The van der Waals surface area contributed by atoms with Crippen LogP contribution in [0.3, 0.4) is 0 Å². The van der Waals surface area contributed by atoms with E-state index in [1.54, 1.807) is 0 Å². The smallest absolute Gasteiger partial charge is 0.407 e. The zero-order chi connectivity index (χ0) is 18.0. The van der Waals surface area contributed by atoms with Crippen LogP contribution >= 0.6 is 0 Å². The minimum Gasteiger partial charge on any atom is -0.444 e. The number of alkyl carbamates (subject to hydrolysis) is 1.